The molecule has 0 spiro atoms. The highest BCUT2D eigenvalue weighted by Crippen LogP contribution is 2.26. The van der Waals surface area contributed by atoms with Crippen molar-refractivity contribution in [2.75, 3.05) is 0 Å². The first-order valence-electron chi connectivity index (χ1n) is 6.94. The molecule has 1 atom stereocenters. The van der Waals surface area contributed by atoms with Crippen LogP contribution in [-0.2, 0) is 12.8 Å². The summed E-state index contributed by atoms with van der Waals surface area (Å²) >= 11 is 3.63. The first kappa shape index (κ1) is 15.2. The van der Waals surface area contributed by atoms with Gasteiger partial charge in [0.1, 0.15) is 0 Å². The molecular weight excluding hydrogens is 312 g/mol. The van der Waals surface area contributed by atoms with Crippen molar-refractivity contribution < 1.29 is 0 Å². The van der Waals surface area contributed by atoms with E-state index in [1.165, 1.54) is 22.3 Å². The lowest BCUT2D eigenvalue weighted by molar-refractivity contribution is 0.550. The van der Waals surface area contributed by atoms with Crippen molar-refractivity contribution >= 4 is 15.9 Å². The Morgan fingerprint density at radius 2 is 1.75 bits per heavy atom. The predicted octanol–water partition coefficient (Wildman–Crippen LogP) is 4.07. The van der Waals surface area contributed by atoms with Crippen molar-refractivity contribution in [2.24, 2.45) is 5.84 Å². The SMILES string of the molecule is CCc1ccc(CC(NN)c2ccc(C)cc2Br)cc1. The molecule has 0 saturated carbocycles. The van der Waals surface area contributed by atoms with Crippen molar-refractivity contribution in [1.29, 1.82) is 0 Å². The molecule has 0 aromatic heterocycles. The van der Waals surface area contributed by atoms with E-state index in [0.717, 1.165) is 17.3 Å². The van der Waals surface area contributed by atoms with E-state index in [-0.39, 0.29) is 6.04 Å². The number of nitrogens with one attached hydrogen (secondary N) is 1. The Labute approximate surface area is 129 Å². The molecule has 0 aliphatic rings. The first-order valence-corrected chi connectivity index (χ1v) is 7.73. The molecule has 0 aliphatic heterocycles. The molecule has 0 bridgehead atoms. The fourth-order valence-electron chi connectivity index (χ4n) is 2.32. The lowest BCUT2D eigenvalue weighted by atomic mass is 9.97. The van der Waals surface area contributed by atoms with Crippen molar-refractivity contribution in [2.45, 2.75) is 32.7 Å². The second-order valence-electron chi connectivity index (χ2n) is 5.12. The molecule has 106 valence electrons. The summed E-state index contributed by atoms with van der Waals surface area (Å²) in [5.41, 5.74) is 8.01. The van der Waals surface area contributed by atoms with Crippen LogP contribution in [0, 0.1) is 6.92 Å². The Balaban J connectivity index is 2.19. The first-order chi connectivity index (χ1) is 9.63. The van der Waals surface area contributed by atoms with Gasteiger partial charge in [-0.15, -0.1) is 0 Å². The molecule has 0 radical (unpaired) electrons. The largest absolute Gasteiger partial charge is 0.271 e. The minimum absolute atomic E-state index is 0.109. The van der Waals surface area contributed by atoms with Gasteiger partial charge in [-0.05, 0) is 48.1 Å². The fraction of sp³-hybridized carbons (Fsp3) is 0.294. The number of aryl methyl sites for hydroxylation is 2. The minimum atomic E-state index is 0.109. The lowest BCUT2D eigenvalue weighted by Gasteiger charge is -2.18. The molecule has 0 amide bonds. The van der Waals surface area contributed by atoms with Gasteiger partial charge < -0.3 is 0 Å². The molecule has 0 saturated heterocycles. The maximum Gasteiger partial charge on any atom is 0.0511 e. The number of hydrogen-bond acceptors (Lipinski definition) is 2. The van der Waals surface area contributed by atoms with Crippen LogP contribution in [-0.4, -0.2) is 0 Å². The summed E-state index contributed by atoms with van der Waals surface area (Å²) in [4.78, 5) is 0. The summed E-state index contributed by atoms with van der Waals surface area (Å²) in [6.45, 7) is 4.26. The number of hydrazine groups is 1. The molecule has 2 aromatic carbocycles. The molecule has 1 unspecified atom stereocenters. The monoisotopic (exact) mass is 332 g/mol. The third-order valence-electron chi connectivity index (χ3n) is 3.60. The van der Waals surface area contributed by atoms with Crippen LogP contribution in [0.15, 0.2) is 46.9 Å². The fourth-order valence-corrected chi connectivity index (χ4v) is 3.09. The average molecular weight is 333 g/mol. The maximum atomic E-state index is 5.74. The molecule has 3 N–H and O–H groups in total. The van der Waals surface area contributed by atoms with E-state index in [4.69, 9.17) is 5.84 Å². The predicted molar refractivity (Wildman–Crippen MR) is 88.5 cm³/mol. The molecule has 0 aliphatic carbocycles. The lowest BCUT2D eigenvalue weighted by Crippen LogP contribution is -2.29. The molecule has 2 aromatic rings. The van der Waals surface area contributed by atoms with Crippen molar-refractivity contribution in [3.8, 4) is 0 Å². The molecule has 2 rings (SSSR count). The van der Waals surface area contributed by atoms with E-state index in [9.17, 15) is 0 Å². The van der Waals surface area contributed by atoms with E-state index in [1.807, 2.05) is 0 Å². The van der Waals surface area contributed by atoms with E-state index in [1.54, 1.807) is 0 Å². The van der Waals surface area contributed by atoms with Gasteiger partial charge in [0.25, 0.3) is 0 Å². The molecule has 3 heteroatoms. The van der Waals surface area contributed by atoms with Gasteiger partial charge >= 0.3 is 0 Å². The number of benzene rings is 2. The van der Waals surface area contributed by atoms with E-state index in [2.05, 4.69) is 77.7 Å². The van der Waals surface area contributed by atoms with Crippen molar-refractivity contribution in [1.82, 2.24) is 5.43 Å². The van der Waals surface area contributed by atoms with Gasteiger partial charge in [-0.1, -0.05) is 59.3 Å². The standard InChI is InChI=1S/C17H21BrN2/c1-3-13-5-7-14(8-6-13)11-17(20-19)15-9-4-12(2)10-16(15)18/h4-10,17,20H,3,11,19H2,1-2H3. The Morgan fingerprint density at radius 1 is 1.10 bits per heavy atom. The minimum Gasteiger partial charge on any atom is -0.271 e. The normalized spacial score (nSPS) is 12.4. The second-order valence-corrected chi connectivity index (χ2v) is 5.97. The van der Waals surface area contributed by atoms with Gasteiger partial charge in [-0.2, -0.15) is 0 Å². The van der Waals surface area contributed by atoms with Gasteiger partial charge in [-0.3, -0.25) is 11.3 Å². The number of rotatable bonds is 5. The van der Waals surface area contributed by atoms with Gasteiger partial charge in [0.15, 0.2) is 0 Å². The van der Waals surface area contributed by atoms with Crippen LogP contribution in [0.4, 0.5) is 0 Å². The highest BCUT2D eigenvalue weighted by atomic mass is 79.9. The Bertz CT molecular complexity index is 564. The highest BCUT2D eigenvalue weighted by molar-refractivity contribution is 9.10. The van der Waals surface area contributed by atoms with Crippen molar-refractivity contribution in [3.63, 3.8) is 0 Å². The quantitative estimate of drug-likeness (QED) is 0.639. The maximum absolute atomic E-state index is 5.74. The van der Waals surface area contributed by atoms with E-state index in [0.29, 0.717) is 0 Å². The Kier molecular flexibility index (Phi) is 5.35. The van der Waals surface area contributed by atoms with Gasteiger partial charge in [-0.25, -0.2) is 0 Å². The van der Waals surface area contributed by atoms with E-state index < -0.39 is 0 Å². The van der Waals surface area contributed by atoms with Gasteiger partial charge in [0.05, 0.1) is 6.04 Å². The number of halogens is 1. The van der Waals surface area contributed by atoms with Crippen LogP contribution in [0.25, 0.3) is 0 Å². The van der Waals surface area contributed by atoms with Gasteiger partial charge in [0.2, 0.25) is 0 Å². The summed E-state index contributed by atoms with van der Waals surface area (Å²) in [6.07, 6.45) is 1.95. The van der Waals surface area contributed by atoms with Crippen LogP contribution >= 0.6 is 15.9 Å². The number of nitrogens with two attached hydrogens (primary N) is 1. The van der Waals surface area contributed by atoms with E-state index >= 15 is 0 Å². The summed E-state index contributed by atoms with van der Waals surface area (Å²) in [5.74, 6) is 5.74. The van der Waals surface area contributed by atoms with Crippen LogP contribution in [0.2, 0.25) is 0 Å². The molecule has 0 fully saturated rings. The summed E-state index contributed by atoms with van der Waals surface area (Å²) in [5, 5.41) is 0. The molecular formula is C17H21BrN2. The zero-order valence-corrected chi connectivity index (χ0v) is 13.6. The molecule has 0 heterocycles. The number of hydrogen-bond donors (Lipinski definition) is 2. The second kappa shape index (κ2) is 7.02. The average Bonchev–Trinajstić information content (AvgIpc) is 2.46. The van der Waals surface area contributed by atoms with Crippen LogP contribution in [0.3, 0.4) is 0 Å². The Morgan fingerprint density at radius 3 is 2.30 bits per heavy atom. The smallest absolute Gasteiger partial charge is 0.0511 e. The topological polar surface area (TPSA) is 38.0 Å². The van der Waals surface area contributed by atoms with Crippen molar-refractivity contribution in [3.05, 3.63) is 69.2 Å². The zero-order valence-electron chi connectivity index (χ0n) is 12.0. The summed E-state index contributed by atoms with van der Waals surface area (Å²) in [6, 6.07) is 15.2. The third kappa shape index (κ3) is 3.69. The van der Waals surface area contributed by atoms with Gasteiger partial charge in [0, 0.05) is 4.47 Å². The highest BCUT2D eigenvalue weighted by Gasteiger charge is 2.13. The van der Waals surface area contributed by atoms with Crippen LogP contribution < -0.4 is 11.3 Å². The summed E-state index contributed by atoms with van der Waals surface area (Å²) in [7, 11) is 0. The molecule has 2 nitrogen and oxygen atoms in total. The summed E-state index contributed by atoms with van der Waals surface area (Å²) < 4.78 is 1.10. The molecule has 20 heavy (non-hydrogen) atoms. The zero-order chi connectivity index (χ0) is 14.5. The van der Waals surface area contributed by atoms with Crippen LogP contribution in [0.1, 0.15) is 35.2 Å². The van der Waals surface area contributed by atoms with Crippen LogP contribution in [0.5, 0.6) is 0 Å². The third-order valence-corrected chi connectivity index (χ3v) is 4.29. The Hall–Kier alpha value is -1.16.